The van der Waals surface area contributed by atoms with Gasteiger partial charge in [-0.3, -0.25) is 9.59 Å². The van der Waals surface area contributed by atoms with Crippen molar-refractivity contribution in [3.63, 3.8) is 0 Å². The van der Waals surface area contributed by atoms with Crippen molar-refractivity contribution in [2.75, 3.05) is 11.9 Å². The molecule has 3 aromatic rings. The van der Waals surface area contributed by atoms with Crippen LogP contribution in [0.25, 0.3) is 5.69 Å². The second kappa shape index (κ2) is 8.40. The Morgan fingerprint density at radius 1 is 1.03 bits per heavy atom. The van der Waals surface area contributed by atoms with Gasteiger partial charge in [0.05, 0.1) is 22.6 Å². The molecule has 3 rings (SSSR count). The van der Waals surface area contributed by atoms with E-state index in [0.717, 1.165) is 5.69 Å². The number of aryl methyl sites for hydroxylation is 1. The predicted octanol–water partition coefficient (Wildman–Crippen LogP) is 4.25. The molecule has 2 aromatic carbocycles. The first-order valence-electron chi connectivity index (χ1n) is 8.92. The zero-order valence-corrected chi connectivity index (χ0v) is 16.2. The number of rotatable bonds is 6. The number of carbonyl (C=O) groups excluding carboxylic acids is 2. The molecule has 0 fully saturated rings. The highest BCUT2D eigenvalue weighted by molar-refractivity contribution is 6.47. The van der Waals surface area contributed by atoms with E-state index in [4.69, 9.17) is 0 Å². The van der Waals surface area contributed by atoms with E-state index in [9.17, 15) is 22.8 Å². The summed E-state index contributed by atoms with van der Waals surface area (Å²) in [5, 5.41) is 6.79. The van der Waals surface area contributed by atoms with Crippen molar-refractivity contribution >= 4 is 17.4 Å². The Morgan fingerprint density at radius 3 is 2.27 bits per heavy atom. The lowest BCUT2D eigenvalue weighted by atomic mass is 10.1. The van der Waals surface area contributed by atoms with Gasteiger partial charge in [-0.15, -0.1) is 0 Å². The van der Waals surface area contributed by atoms with Crippen LogP contribution in [0.5, 0.6) is 5.75 Å². The number of benzene rings is 2. The molecule has 1 N–H and O–H groups in total. The van der Waals surface area contributed by atoms with Gasteiger partial charge in [0, 0.05) is 5.69 Å². The molecular weight excluding hydrogens is 399 g/mol. The number of ether oxygens (including phenoxy) is 1. The van der Waals surface area contributed by atoms with E-state index in [2.05, 4.69) is 15.2 Å². The van der Waals surface area contributed by atoms with E-state index < -0.39 is 24.5 Å². The van der Waals surface area contributed by atoms with Gasteiger partial charge < -0.3 is 10.1 Å². The van der Waals surface area contributed by atoms with Crippen LogP contribution < -0.4 is 10.1 Å². The standard InChI is InChI=1S/C21H18F3N3O3/c1-13-18(14(2)27(26-13)16-6-4-3-5-7-16)19(28)20(29)25-15-8-10-17(11-9-15)30-12-21(22,23)24/h3-11H,12H2,1-2H3,(H,25,29). The van der Waals surface area contributed by atoms with Gasteiger partial charge in [-0.05, 0) is 50.2 Å². The second-order valence-corrected chi connectivity index (χ2v) is 6.50. The fraction of sp³-hybridized carbons (Fsp3) is 0.190. The fourth-order valence-corrected chi connectivity index (χ4v) is 2.89. The molecule has 1 heterocycles. The first-order chi connectivity index (χ1) is 14.2. The quantitative estimate of drug-likeness (QED) is 0.481. The average molecular weight is 417 g/mol. The first kappa shape index (κ1) is 21.1. The first-order valence-corrected chi connectivity index (χ1v) is 8.92. The van der Waals surface area contributed by atoms with Crippen molar-refractivity contribution in [3.05, 3.63) is 71.5 Å². The second-order valence-electron chi connectivity index (χ2n) is 6.50. The van der Waals surface area contributed by atoms with Crippen LogP contribution in [0.1, 0.15) is 21.7 Å². The molecular formula is C21H18F3N3O3. The third-order valence-electron chi connectivity index (χ3n) is 4.24. The number of ketones is 1. The topological polar surface area (TPSA) is 73.2 Å². The molecule has 0 radical (unpaired) electrons. The summed E-state index contributed by atoms with van der Waals surface area (Å²) in [6.45, 7) is 1.92. The van der Waals surface area contributed by atoms with Crippen molar-refractivity contribution in [2.24, 2.45) is 0 Å². The van der Waals surface area contributed by atoms with Crippen LogP contribution in [0.4, 0.5) is 18.9 Å². The maximum Gasteiger partial charge on any atom is 0.422 e. The molecule has 0 saturated carbocycles. The minimum atomic E-state index is -4.45. The Labute approximate surface area is 170 Å². The smallest absolute Gasteiger partial charge is 0.422 e. The van der Waals surface area contributed by atoms with Gasteiger partial charge in [0.1, 0.15) is 5.75 Å². The van der Waals surface area contributed by atoms with Gasteiger partial charge in [0.25, 0.3) is 11.7 Å². The summed E-state index contributed by atoms with van der Waals surface area (Å²) in [5.74, 6) is -1.64. The SMILES string of the molecule is Cc1nn(-c2ccccc2)c(C)c1C(=O)C(=O)Nc1ccc(OCC(F)(F)F)cc1. The molecule has 0 atom stereocenters. The number of halogens is 3. The Bertz CT molecular complexity index is 1060. The lowest BCUT2D eigenvalue weighted by Crippen LogP contribution is -2.24. The molecule has 0 saturated heterocycles. The van der Waals surface area contributed by atoms with E-state index in [1.54, 1.807) is 18.5 Å². The number of alkyl halides is 3. The van der Waals surface area contributed by atoms with E-state index in [1.807, 2.05) is 30.3 Å². The van der Waals surface area contributed by atoms with Gasteiger partial charge in [-0.1, -0.05) is 18.2 Å². The number of Topliss-reactive ketones (excluding diaryl/α,β-unsaturated/α-hetero) is 1. The summed E-state index contributed by atoms with van der Waals surface area (Å²) in [4.78, 5) is 25.1. The monoisotopic (exact) mass is 417 g/mol. The van der Waals surface area contributed by atoms with Crippen molar-refractivity contribution in [3.8, 4) is 11.4 Å². The number of hydrogen-bond donors (Lipinski definition) is 1. The lowest BCUT2D eigenvalue weighted by molar-refractivity contribution is -0.153. The normalized spacial score (nSPS) is 11.2. The summed E-state index contributed by atoms with van der Waals surface area (Å²) >= 11 is 0. The molecule has 0 bridgehead atoms. The summed E-state index contributed by atoms with van der Waals surface area (Å²) in [7, 11) is 0. The predicted molar refractivity (Wildman–Crippen MR) is 104 cm³/mol. The molecule has 0 unspecified atom stereocenters. The zero-order valence-electron chi connectivity index (χ0n) is 16.2. The van der Waals surface area contributed by atoms with Crippen molar-refractivity contribution in [1.29, 1.82) is 0 Å². The van der Waals surface area contributed by atoms with Gasteiger partial charge >= 0.3 is 6.18 Å². The van der Waals surface area contributed by atoms with Gasteiger partial charge in [0.15, 0.2) is 6.61 Å². The highest BCUT2D eigenvalue weighted by atomic mass is 19.4. The van der Waals surface area contributed by atoms with Crippen LogP contribution in [0.2, 0.25) is 0 Å². The summed E-state index contributed by atoms with van der Waals surface area (Å²) in [6, 6.07) is 14.4. The fourth-order valence-electron chi connectivity index (χ4n) is 2.89. The molecule has 0 aliphatic carbocycles. The van der Waals surface area contributed by atoms with Crippen LogP contribution in [0.15, 0.2) is 54.6 Å². The largest absolute Gasteiger partial charge is 0.484 e. The number of aromatic nitrogens is 2. The maximum atomic E-state index is 12.7. The van der Waals surface area contributed by atoms with Crippen LogP contribution in [-0.2, 0) is 4.79 Å². The molecule has 0 aliphatic heterocycles. The Balaban J connectivity index is 1.72. The number of hydrogen-bond acceptors (Lipinski definition) is 4. The summed E-state index contributed by atoms with van der Waals surface area (Å²) in [6.07, 6.45) is -4.45. The van der Waals surface area contributed by atoms with Crippen LogP contribution in [0, 0.1) is 13.8 Å². The Kier molecular flexibility index (Phi) is 5.91. The van der Waals surface area contributed by atoms with Crippen molar-refractivity contribution in [1.82, 2.24) is 9.78 Å². The summed E-state index contributed by atoms with van der Waals surface area (Å²) in [5.41, 5.74) is 2.13. The van der Waals surface area contributed by atoms with Crippen molar-refractivity contribution < 1.29 is 27.5 Å². The lowest BCUT2D eigenvalue weighted by Gasteiger charge is -2.10. The van der Waals surface area contributed by atoms with Crippen molar-refractivity contribution in [2.45, 2.75) is 20.0 Å². The van der Waals surface area contributed by atoms with E-state index in [1.165, 1.54) is 24.3 Å². The number of nitrogens with one attached hydrogen (secondary N) is 1. The van der Waals surface area contributed by atoms with E-state index in [0.29, 0.717) is 11.4 Å². The van der Waals surface area contributed by atoms with Crippen LogP contribution in [-0.4, -0.2) is 34.3 Å². The minimum Gasteiger partial charge on any atom is -0.484 e. The van der Waals surface area contributed by atoms with Crippen LogP contribution in [0.3, 0.4) is 0 Å². The molecule has 1 aromatic heterocycles. The third kappa shape index (κ3) is 4.86. The maximum absolute atomic E-state index is 12.7. The third-order valence-corrected chi connectivity index (χ3v) is 4.24. The van der Waals surface area contributed by atoms with Gasteiger partial charge in [-0.2, -0.15) is 18.3 Å². The Hall–Kier alpha value is -3.62. The van der Waals surface area contributed by atoms with E-state index >= 15 is 0 Å². The molecule has 6 nitrogen and oxygen atoms in total. The summed E-state index contributed by atoms with van der Waals surface area (Å²) < 4.78 is 42.8. The highest BCUT2D eigenvalue weighted by Gasteiger charge is 2.28. The van der Waals surface area contributed by atoms with Crippen LogP contribution >= 0.6 is 0 Å². The number of anilines is 1. The molecule has 0 aliphatic rings. The highest BCUT2D eigenvalue weighted by Crippen LogP contribution is 2.22. The number of nitrogens with zero attached hydrogens (tertiary/aromatic N) is 2. The zero-order chi connectivity index (χ0) is 21.9. The van der Waals surface area contributed by atoms with Gasteiger partial charge in [-0.25, -0.2) is 4.68 Å². The number of para-hydroxylation sites is 1. The minimum absolute atomic E-state index is 0.00697. The van der Waals surface area contributed by atoms with Gasteiger partial charge in [0.2, 0.25) is 0 Å². The number of carbonyl (C=O) groups is 2. The van der Waals surface area contributed by atoms with E-state index in [-0.39, 0.29) is 17.0 Å². The number of amides is 1. The average Bonchev–Trinajstić information content (AvgIpc) is 3.01. The molecule has 30 heavy (non-hydrogen) atoms. The Morgan fingerprint density at radius 2 is 1.67 bits per heavy atom. The molecule has 0 spiro atoms. The molecule has 9 heteroatoms. The molecule has 156 valence electrons. The molecule has 1 amide bonds.